The lowest BCUT2D eigenvalue weighted by Crippen LogP contribution is -2.69. The maximum absolute atomic E-state index is 11.8. The fourth-order valence-corrected chi connectivity index (χ4v) is 5.89. The normalized spacial score (nSPS) is 50.9. The van der Waals surface area contributed by atoms with E-state index in [4.69, 9.17) is 0 Å². The second kappa shape index (κ2) is 4.77. The minimum absolute atomic E-state index is 0.0428. The first-order chi connectivity index (χ1) is 10.1. The molecule has 0 aliphatic heterocycles. The molecule has 0 radical (unpaired) electrons. The van der Waals surface area contributed by atoms with Gasteiger partial charge in [-0.25, -0.2) is 0 Å². The molecule has 0 bridgehead atoms. The summed E-state index contributed by atoms with van der Waals surface area (Å²) in [5, 5.41) is 22.6. The third-order valence-corrected chi connectivity index (χ3v) is 7.74. The first kappa shape index (κ1) is 16.4. The number of rotatable bonds is 1. The van der Waals surface area contributed by atoms with Crippen LogP contribution in [0.25, 0.3) is 0 Å². The highest BCUT2D eigenvalue weighted by molar-refractivity contribution is 5.30. The zero-order valence-corrected chi connectivity index (χ0v) is 14.8. The van der Waals surface area contributed by atoms with E-state index in [0.717, 1.165) is 38.5 Å². The predicted molar refractivity (Wildman–Crippen MR) is 90.2 cm³/mol. The molecular formula is C20H33O2+. The number of fused-ring (bicyclic) bond motifs is 3. The molecular weight excluding hydrogens is 272 g/mol. The Hall–Kier alpha value is -0.470. The predicted octanol–water partition coefficient (Wildman–Crippen LogP) is 4.27. The maximum Gasteiger partial charge on any atom is 0.239 e. The van der Waals surface area contributed by atoms with E-state index in [2.05, 4.69) is 40.3 Å². The van der Waals surface area contributed by atoms with Gasteiger partial charge in [-0.2, -0.15) is 0 Å². The van der Waals surface area contributed by atoms with Crippen molar-refractivity contribution in [1.82, 2.24) is 0 Å². The molecule has 3 saturated carbocycles. The SMILES string of the molecule is C=C[C@@]1(C)CC[C@@]2(C)[C@@H](CC[C+]3C(C)(C)CC[C@@H](O)C32O)C1. The highest BCUT2D eigenvalue weighted by atomic mass is 16.3. The first-order valence-corrected chi connectivity index (χ1v) is 9.00. The van der Waals surface area contributed by atoms with Gasteiger partial charge in [0.2, 0.25) is 5.60 Å². The van der Waals surface area contributed by atoms with Gasteiger partial charge in [-0.05, 0) is 63.7 Å². The van der Waals surface area contributed by atoms with Crippen LogP contribution in [-0.4, -0.2) is 21.9 Å². The number of aliphatic hydroxyl groups is 2. The van der Waals surface area contributed by atoms with Crippen molar-refractivity contribution in [3.05, 3.63) is 18.6 Å². The molecule has 0 heterocycles. The Balaban J connectivity index is 2.01. The van der Waals surface area contributed by atoms with Gasteiger partial charge < -0.3 is 10.2 Å². The van der Waals surface area contributed by atoms with E-state index in [0.29, 0.717) is 12.3 Å². The summed E-state index contributed by atoms with van der Waals surface area (Å²) < 4.78 is 0. The van der Waals surface area contributed by atoms with Crippen LogP contribution >= 0.6 is 0 Å². The first-order valence-electron chi connectivity index (χ1n) is 9.00. The van der Waals surface area contributed by atoms with E-state index < -0.39 is 11.7 Å². The molecule has 22 heavy (non-hydrogen) atoms. The van der Waals surface area contributed by atoms with Crippen LogP contribution in [0.2, 0.25) is 0 Å². The lowest BCUT2D eigenvalue weighted by Gasteiger charge is -2.60. The Labute approximate surface area is 136 Å². The summed E-state index contributed by atoms with van der Waals surface area (Å²) in [6.07, 6.45) is 8.45. The molecule has 0 aromatic heterocycles. The van der Waals surface area contributed by atoms with Gasteiger partial charge in [0.25, 0.3) is 0 Å². The summed E-state index contributed by atoms with van der Waals surface area (Å²) in [5.74, 6) is 1.70. The summed E-state index contributed by atoms with van der Waals surface area (Å²) in [4.78, 5) is 0. The third kappa shape index (κ3) is 1.96. The molecule has 3 rings (SSSR count). The molecule has 0 aromatic rings. The third-order valence-electron chi connectivity index (χ3n) is 7.74. The molecule has 124 valence electrons. The minimum Gasteiger partial charge on any atom is -0.385 e. The maximum atomic E-state index is 11.8. The molecule has 2 heteroatoms. The number of hydrogen-bond donors (Lipinski definition) is 2. The highest BCUT2D eigenvalue weighted by Gasteiger charge is 2.74. The van der Waals surface area contributed by atoms with E-state index in [1.165, 1.54) is 5.92 Å². The molecule has 3 aliphatic carbocycles. The molecule has 0 spiro atoms. The van der Waals surface area contributed by atoms with Gasteiger partial charge in [0.05, 0.1) is 6.42 Å². The van der Waals surface area contributed by atoms with Gasteiger partial charge in [-0.3, -0.25) is 0 Å². The van der Waals surface area contributed by atoms with Crippen LogP contribution in [0, 0.1) is 28.1 Å². The van der Waals surface area contributed by atoms with Gasteiger partial charge in [0, 0.05) is 5.41 Å². The van der Waals surface area contributed by atoms with Gasteiger partial charge in [0.1, 0.15) is 17.4 Å². The van der Waals surface area contributed by atoms with Crippen LogP contribution in [0.1, 0.15) is 72.6 Å². The van der Waals surface area contributed by atoms with Gasteiger partial charge in [0.15, 0.2) is 0 Å². The summed E-state index contributed by atoms with van der Waals surface area (Å²) in [6.45, 7) is 13.1. The van der Waals surface area contributed by atoms with Gasteiger partial charge in [-0.15, -0.1) is 6.58 Å². The van der Waals surface area contributed by atoms with Crippen LogP contribution in [0.3, 0.4) is 0 Å². The minimum atomic E-state index is -1.000. The molecule has 2 N–H and O–H groups in total. The van der Waals surface area contributed by atoms with E-state index >= 15 is 0 Å². The molecule has 3 fully saturated rings. The highest BCUT2D eigenvalue weighted by Crippen LogP contribution is 2.67. The molecule has 0 aromatic carbocycles. The molecule has 3 aliphatic rings. The van der Waals surface area contributed by atoms with Crippen LogP contribution in [-0.2, 0) is 0 Å². The van der Waals surface area contributed by atoms with Crippen molar-refractivity contribution in [2.75, 3.05) is 0 Å². The zero-order chi connectivity index (χ0) is 16.4. The number of hydrogen-bond acceptors (Lipinski definition) is 2. The monoisotopic (exact) mass is 305 g/mol. The molecule has 1 unspecified atom stereocenters. The lowest BCUT2D eigenvalue weighted by atomic mass is 9.41. The smallest absolute Gasteiger partial charge is 0.239 e. The zero-order valence-electron chi connectivity index (χ0n) is 14.8. The Kier molecular flexibility index (Phi) is 3.55. The summed E-state index contributed by atoms with van der Waals surface area (Å²) in [7, 11) is 0. The Bertz CT molecular complexity index is 470. The average Bonchev–Trinajstić information content (AvgIpc) is 2.46. The van der Waals surface area contributed by atoms with Crippen molar-refractivity contribution in [3.63, 3.8) is 0 Å². The van der Waals surface area contributed by atoms with Crippen molar-refractivity contribution in [2.45, 2.75) is 84.3 Å². The summed E-state index contributed by atoms with van der Waals surface area (Å²) in [6, 6.07) is 0. The van der Waals surface area contributed by atoms with E-state index in [9.17, 15) is 10.2 Å². The Morgan fingerprint density at radius 2 is 1.77 bits per heavy atom. The van der Waals surface area contributed by atoms with E-state index in [-0.39, 0.29) is 16.2 Å². The van der Waals surface area contributed by atoms with Crippen LogP contribution in [0.4, 0.5) is 0 Å². The Morgan fingerprint density at radius 1 is 1.09 bits per heavy atom. The van der Waals surface area contributed by atoms with Gasteiger partial charge >= 0.3 is 0 Å². The van der Waals surface area contributed by atoms with Crippen LogP contribution in [0.5, 0.6) is 0 Å². The van der Waals surface area contributed by atoms with Crippen molar-refractivity contribution in [1.29, 1.82) is 0 Å². The Morgan fingerprint density at radius 3 is 2.41 bits per heavy atom. The molecule has 2 nitrogen and oxygen atoms in total. The van der Waals surface area contributed by atoms with Crippen LogP contribution in [0.15, 0.2) is 12.7 Å². The number of allylic oxidation sites excluding steroid dienone is 1. The topological polar surface area (TPSA) is 40.5 Å². The van der Waals surface area contributed by atoms with E-state index in [1.807, 2.05) is 0 Å². The van der Waals surface area contributed by atoms with Gasteiger partial charge in [-0.1, -0.05) is 19.9 Å². The fourth-order valence-electron chi connectivity index (χ4n) is 5.89. The second-order valence-electron chi connectivity index (χ2n) is 9.40. The quantitative estimate of drug-likeness (QED) is 0.561. The van der Waals surface area contributed by atoms with Crippen molar-refractivity contribution in [3.8, 4) is 0 Å². The largest absolute Gasteiger partial charge is 0.385 e. The molecule has 0 amide bonds. The van der Waals surface area contributed by atoms with Crippen molar-refractivity contribution in [2.24, 2.45) is 22.2 Å². The van der Waals surface area contributed by atoms with Crippen molar-refractivity contribution >= 4 is 0 Å². The summed E-state index contributed by atoms with van der Waals surface area (Å²) >= 11 is 0. The van der Waals surface area contributed by atoms with Crippen molar-refractivity contribution < 1.29 is 10.2 Å². The second-order valence-corrected chi connectivity index (χ2v) is 9.40. The van der Waals surface area contributed by atoms with E-state index in [1.54, 1.807) is 0 Å². The average molecular weight is 305 g/mol. The number of aliphatic hydroxyl groups excluding tert-OH is 1. The molecule has 0 saturated heterocycles. The molecule has 5 atom stereocenters. The summed E-state index contributed by atoms with van der Waals surface area (Å²) in [5.41, 5.74) is -0.964. The standard InChI is InChI=1S/C20H33O2/c1-6-18(4)11-12-19(5)14(13-18)7-8-15-17(2,3)10-9-16(21)20(15,19)22/h6,14,16,21-22H,1,7-13H2,2-5H3/q+1/t14-,16+,18-,19-,20?/m0/s1. The van der Waals surface area contributed by atoms with Crippen LogP contribution < -0.4 is 0 Å². The fraction of sp³-hybridized carbons (Fsp3) is 0.850. The lowest BCUT2D eigenvalue weighted by molar-refractivity contribution is -0.225.